The van der Waals surface area contributed by atoms with Gasteiger partial charge in [0.15, 0.2) is 5.82 Å². The number of aromatic nitrogens is 2. The minimum atomic E-state index is -0.447. The average Bonchev–Trinajstić information content (AvgIpc) is 2.29. The summed E-state index contributed by atoms with van der Waals surface area (Å²) in [6.07, 6.45) is 3.40. The van der Waals surface area contributed by atoms with E-state index in [1.165, 1.54) is 11.1 Å². The Kier molecular flexibility index (Phi) is 3.14. The molecule has 7 heteroatoms. The van der Waals surface area contributed by atoms with Gasteiger partial charge in [0, 0.05) is 24.5 Å². The lowest BCUT2D eigenvalue weighted by Gasteiger charge is -2.25. The minimum Gasteiger partial charge on any atom is -0.278 e. The van der Waals surface area contributed by atoms with Gasteiger partial charge < -0.3 is 0 Å². The van der Waals surface area contributed by atoms with Crippen LogP contribution in [0, 0.1) is 0 Å². The standard InChI is InChI=1S/C9H9BrN4O2/c10-3-6-4-11-5-7(12-6)14-2-1-8(15)13-9(14)16/h4-5H,1-3H2,(H,13,15,16). The van der Waals surface area contributed by atoms with Crippen molar-refractivity contribution in [1.29, 1.82) is 0 Å². The maximum Gasteiger partial charge on any atom is 0.329 e. The van der Waals surface area contributed by atoms with Crippen LogP contribution in [0.15, 0.2) is 12.4 Å². The predicted octanol–water partition coefficient (Wildman–Crippen LogP) is 0.818. The number of imide groups is 1. The third kappa shape index (κ3) is 2.19. The molecule has 1 N–H and O–H groups in total. The number of anilines is 1. The van der Waals surface area contributed by atoms with Crippen LogP contribution < -0.4 is 10.2 Å². The SMILES string of the molecule is O=C1CCN(c2cncc(CBr)n2)C(=O)N1. The topological polar surface area (TPSA) is 75.2 Å². The largest absolute Gasteiger partial charge is 0.329 e. The number of amides is 3. The third-order valence-corrected chi connectivity index (χ3v) is 2.71. The van der Waals surface area contributed by atoms with Crippen molar-refractivity contribution in [1.82, 2.24) is 15.3 Å². The molecule has 0 spiro atoms. The average molecular weight is 285 g/mol. The Bertz CT molecular complexity index is 437. The third-order valence-electron chi connectivity index (χ3n) is 2.14. The van der Waals surface area contributed by atoms with E-state index in [4.69, 9.17) is 0 Å². The summed E-state index contributed by atoms with van der Waals surface area (Å²) >= 11 is 3.26. The first-order chi connectivity index (χ1) is 7.70. The lowest BCUT2D eigenvalue weighted by Crippen LogP contribution is -2.50. The molecule has 0 radical (unpaired) electrons. The smallest absolute Gasteiger partial charge is 0.278 e. The van der Waals surface area contributed by atoms with Crippen molar-refractivity contribution in [3.05, 3.63) is 18.1 Å². The maximum atomic E-state index is 11.5. The van der Waals surface area contributed by atoms with Gasteiger partial charge >= 0.3 is 6.03 Å². The first kappa shape index (κ1) is 11.0. The van der Waals surface area contributed by atoms with Gasteiger partial charge in [-0.15, -0.1) is 0 Å². The molecule has 1 aliphatic rings. The zero-order valence-corrected chi connectivity index (χ0v) is 9.90. The molecule has 1 saturated heterocycles. The molecule has 0 aromatic carbocycles. The summed E-state index contributed by atoms with van der Waals surface area (Å²) in [6.45, 7) is 0.338. The van der Waals surface area contributed by atoms with Crippen LogP contribution >= 0.6 is 15.9 Å². The zero-order valence-electron chi connectivity index (χ0n) is 8.31. The summed E-state index contributed by atoms with van der Waals surface area (Å²) in [5, 5.41) is 2.81. The second-order valence-corrected chi connectivity index (χ2v) is 3.82. The molecule has 84 valence electrons. The van der Waals surface area contributed by atoms with E-state index in [9.17, 15) is 9.59 Å². The summed E-state index contributed by atoms with van der Waals surface area (Å²) in [5.41, 5.74) is 0.738. The number of rotatable bonds is 2. The summed E-state index contributed by atoms with van der Waals surface area (Å²) in [4.78, 5) is 32.1. The van der Waals surface area contributed by atoms with Crippen LogP contribution in [-0.4, -0.2) is 28.5 Å². The fraction of sp³-hybridized carbons (Fsp3) is 0.333. The molecule has 6 nitrogen and oxygen atoms in total. The molecular formula is C9H9BrN4O2. The lowest BCUT2D eigenvalue weighted by atomic mass is 10.3. The number of carbonyl (C=O) groups is 2. The Hall–Kier alpha value is -1.50. The van der Waals surface area contributed by atoms with E-state index in [0.717, 1.165) is 5.69 Å². The zero-order chi connectivity index (χ0) is 11.5. The number of nitrogens with one attached hydrogen (secondary N) is 1. The van der Waals surface area contributed by atoms with Crippen LogP contribution in [0.4, 0.5) is 10.6 Å². The summed E-state index contributed by atoms with van der Waals surface area (Å²) in [5.74, 6) is 0.202. The van der Waals surface area contributed by atoms with E-state index in [-0.39, 0.29) is 12.3 Å². The van der Waals surface area contributed by atoms with Crippen molar-refractivity contribution < 1.29 is 9.59 Å². The first-order valence-electron chi connectivity index (χ1n) is 4.69. The molecule has 2 heterocycles. The molecule has 2 rings (SSSR count). The summed E-state index contributed by atoms with van der Waals surface area (Å²) in [7, 11) is 0. The van der Waals surface area contributed by atoms with Crippen LogP contribution in [-0.2, 0) is 10.1 Å². The van der Waals surface area contributed by atoms with Crippen LogP contribution in [0.1, 0.15) is 12.1 Å². The summed E-state index contributed by atoms with van der Waals surface area (Å²) in [6, 6.07) is -0.447. The van der Waals surface area contributed by atoms with E-state index in [0.29, 0.717) is 17.7 Å². The highest BCUT2D eigenvalue weighted by atomic mass is 79.9. The Morgan fingerprint density at radius 1 is 1.44 bits per heavy atom. The van der Waals surface area contributed by atoms with Crippen molar-refractivity contribution in [3.8, 4) is 0 Å². The van der Waals surface area contributed by atoms with Gasteiger partial charge in [0.05, 0.1) is 11.9 Å². The van der Waals surface area contributed by atoms with Crippen molar-refractivity contribution in [2.75, 3.05) is 11.4 Å². The van der Waals surface area contributed by atoms with Gasteiger partial charge in [0.2, 0.25) is 5.91 Å². The van der Waals surface area contributed by atoms with Crippen LogP contribution in [0.3, 0.4) is 0 Å². The summed E-state index contributed by atoms with van der Waals surface area (Å²) < 4.78 is 0. The van der Waals surface area contributed by atoms with Crippen LogP contribution in [0.25, 0.3) is 0 Å². The number of alkyl halides is 1. The Morgan fingerprint density at radius 3 is 2.94 bits per heavy atom. The lowest BCUT2D eigenvalue weighted by molar-refractivity contribution is -0.120. The molecule has 3 amide bonds. The number of halogens is 1. The van der Waals surface area contributed by atoms with E-state index in [1.54, 1.807) is 6.20 Å². The molecule has 1 aromatic rings. The Balaban J connectivity index is 2.23. The Labute approximate surface area is 100 Å². The molecule has 0 saturated carbocycles. The molecular weight excluding hydrogens is 276 g/mol. The van der Waals surface area contributed by atoms with Crippen molar-refractivity contribution >= 4 is 33.7 Å². The number of urea groups is 1. The molecule has 0 bridgehead atoms. The second-order valence-electron chi connectivity index (χ2n) is 3.26. The van der Waals surface area contributed by atoms with E-state index < -0.39 is 6.03 Å². The quantitative estimate of drug-likeness (QED) is 0.816. The van der Waals surface area contributed by atoms with Crippen LogP contribution in [0.2, 0.25) is 0 Å². The number of carbonyl (C=O) groups excluding carboxylic acids is 2. The van der Waals surface area contributed by atoms with Crippen LogP contribution in [0.5, 0.6) is 0 Å². The molecule has 1 fully saturated rings. The van der Waals surface area contributed by atoms with Gasteiger partial charge in [0.1, 0.15) is 0 Å². The van der Waals surface area contributed by atoms with Gasteiger partial charge in [-0.25, -0.2) is 9.78 Å². The van der Waals surface area contributed by atoms with Gasteiger partial charge in [-0.2, -0.15) is 0 Å². The first-order valence-corrected chi connectivity index (χ1v) is 5.81. The van der Waals surface area contributed by atoms with Gasteiger partial charge in [-0.3, -0.25) is 20.0 Å². The van der Waals surface area contributed by atoms with E-state index in [1.807, 2.05) is 0 Å². The van der Waals surface area contributed by atoms with Gasteiger partial charge in [0.25, 0.3) is 0 Å². The van der Waals surface area contributed by atoms with Gasteiger partial charge in [-0.05, 0) is 0 Å². The second kappa shape index (κ2) is 4.56. The number of hydrogen-bond donors (Lipinski definition) is 1. The number of nitrogens with zero attached hydrogens (tertiary/aromatic N) is 3. The number of hydrogen-bond acceptors (Lipinski definition) is 4. The van der Waals surface area contributed by atoms with Crippen molar-refractivity contribution in [2.45, 2.75) is 11.8 Å². The molecule has 0 atom stereocenters. The maximum absolute atomic E-state index is 11.5. The minimum absolute atomic E-state index is 0.258. The highest BCUT2D eigenvalue weighted by Gasteiger charge is 2.25. The van der Waals surface area contributed by atoms with E-state index in [2.05, 4.69) is 31.2 Å². The monoisotopic (exact) mass is 284 g/mol. The predicted molar refractivity (Wildman–Crippen MR) is 60.2 cm³/mol. The highest BCUT2D eigenvalue weighted by Crippen LogP contribution is 2.14. The van der Waals surface area contributed by atoms with Crippen molar-refractivity contribution in [3.63, 3.8) is 0 Å². The van der Waals surface area contributed by atoms with E-state index >= 15 is 0 Å². The molecule has 1 aliphatic heterocycles. The molecule has 0 aliphatic carbocycles. The molecule has 16 heavy (non-hydrogen) atoms. The fourth-order valence-electron chi connectivity index (χ4n) is 1.37. The van der Waals surface area contributed by atoms with Crippen molar-refractivity contribution in [2.24, 2.45) is 0 Å². The molecule has 0 unspecified atom stereocenters. The Morgan fingerprint density at radius 2 is 2.25 bits per heavy atom. The fourth-order valence-corrected chi connectivity index (χ4v) is 1.64. The molecule has 1 aromatic heterocycles. The normalized spacial score (nSPS) is 16.2. The highest BCUT2D eigenvalue weighted by molar-refractivity contribution is 9.08. The van der Waals surface area contributed by atoms with Gasteiger partial charge in [-0.1, -0.05) is 15.9 Å².